The average Bonchev–Trinajstić information content (AvgIpc) is 2.81. The predicted octanol–water partition coefficient (Wildman–Crippen LogP) is 1.88. The molecule has 3 nitrogen and oxygen atoms in total. The van der Waals surface area contributed by atoms with E-state index in [2.05, 4.69) is 17.1 Å². The van der Waals surface area contributed by atoms with E-state index < -0.39 is 0 Å². The van der Waals surface area contributed by atoms with E-state index in [4.69, 9.17) is 4.74 Å². The first-order valence-electron chi connectivity index (χ1n) is 7.42. The maximum Gasteiger partial charge on any atom is 0.0495 e. The van der Waals surface area contributed by atoms with E-state index in [0.717, 1.165) is 25.2 Å². The van der Waals surface area contributed by atoms with Gasteiger partial charge in [0.25, 0.3) is 0 Å². The Labute approximate surface area is 106 Å². The molecule has 0 bridgehead atoms. The Kier molecular flexibility index (Phi) is 5.75. The maximum atomic E-state index is 5.45. The smallest absolute Gasteiger partial charge is 0.0495 e. The molecule has 2 fully saturated rings. The normalized spacial score (nSPS) is 32.3. The van der Waals surface area contributed by atoms with Crippen molar-refractivity contribution in [1.82, 2.24) is 10.2 Å². The van der Waals surface area contributed by atoms with Gasteiger partial charge in [-0.3, -0.25) is 0 Å². The molecule has 2 rings (SSSR count). The molecule has 2 atom stereocenters. The first kappa shape index (κ1) is 13.3. The minimum atomic E-state index is 0.743. The molecule has 0 aromatic rings. The monoisotopic (exact) mass is 240 g/mol. The second kappa shape index (κ2) is 7.34. The molecular formula is C14H28N2O. The van der Waals surface area contributed by atoms with Gasteiger partial charge in [0.15, 0.2) is 0 Å². The van der Waals surface area contributed by atoms with Crippen LogP contribution in [0.3, 0.4) is 0 Å². The van der Waals surface area contributed by atoms with E-state index in [1.54, 1.807) is 0 Å². The van der Waals surface area contributed by atoms with Crippen molar-refractivity contribution >= 4 is 0 Å². The van der Waals surface area contributed by atoms with Gasteiger partial charge in [0, 0.05) is 19.3 Å². The van der Waals surface area contributed by atoms with E-state index in [1.807, 2.05) is 0 Å². The van der Waals surface area contributed by atoms with Gasteiger partial charge in [0.1, 0.15) is 0 Å². The average molecular weight is 240 g/mol. The van der Waals surface area contributed by atoms with Crippen LogP contribution in [0.4, 0.5) is 0 Å². The highest BCUT2D eigenvalue weighted by atomic mass is 16.5. The van der Waals surface area contributed by atoms with Gasteiger partial charge in [0.2, 0.25) is 0 Å². The fraction of sp³-hybridized carbons (Fsp3) is 1.00. The van der Waals surface area contributed by atoms with Crippen molar-refractivity contribution in [1.29, 1.82) is 0 Å². The Balaban J connectivity index is 1.67. The second-order valence-electron chi connectivity index (χ2n) is 5.56. The molecule has 2 aliphatic heterocycles. The summed E-state index contributed by atoms with van der Waals surface area (Å²) in [7, 11) is 0. The minimum absolute atomic E-state index is 0.743. The number of hydrogen-bond acceptors (Lipinski definition) is 3. The van der Waals surface area contributed by atoms with Crippen molar-refractivity contribution in [2.75, 3.05) is 39.4 Å². The van der Waals surface area contributed by atoms with E-state index in [1.165, 1.54) is 58.3 Å². The van der Waals surface area contributed by atoms with Gasteiger partial charge in [-0.25, -0.2) is 0 Å². The van der Waals surface area contributed by atoms with Crippen LogP contribution in [0.15, 0.2) is 0 Å². The van der Waals surface area contributed by atoms with Crippen LogP contribution < -0.4 is 5.32 Å². The van der Waals surface area contributed by atoms with E-state index >= 15 is 0 Å². The lowest BCUT2D eigenvalue weighted by Crippen LogP contribution is -2.40. The van der Waals surface area contributed by atoms with Crippen molar-refractivity contribution in [2.24, 2.45) is 5.92 Å². The summed E-state index contributed by atoms with van der Waals surface area (Å²) in [5, 5.41) is 3.64. The molecule has 2 unspecified atom stereocenters. The highest BCUT2D eigenvalue weighted by molar-refractivity contribution is 4.74. The lowest BCUT2D eigenvalue weighted by Gasteiger charge is -2.29. The lowest BCUT2D eigenvalue weighted by molar-refractivity contribution is 0.174. The van der Waals surface area contributed by atoms with Crippen molar-refractivity contribution in [3.63, 3.8) is 0 Å². The molecule has 0 aromatic carbocycles. The standard InChI is InChI=1S/C14H28N2O/c1-2-14-5-10-16(8-3-7-15-14)9-4-13-6-11-17-12-13/h13-15H,2-12H2,1H3. The zero-order valence-corrected chi connectivity index (χ0v) is 11.3. The van der Waals surface area contributed by atoms with Crippen molar-refractivity contribution in [3.05, 3.63) is 0 Å². The van der Waals surface area contributed by atoms with E-state index in [-0.39, 0.29) is 0 Å². The molecule has 0 aromatic heterocycles. The van der Waals surface area contributed by atoms with Gasteiger partial charge in [-0.15, -0.1) is 0 Å². The zero-order chi connectivity index (χ0) is 11.9. The molecule has 0 saturated carbocycles. The van der Waals surface area contributed by atoms with Crippen LogP contribution in [0, 0.1) is 5.92 Å². The second-order valence-corrected chi connectivity index (χ2v) is 5.56. The summed E-state index contributed by atoms with van der Waals surface area (Å²) < 4.78 is 5.45. The van der Waals surface area contributed by atoms with Gasteiger partial charge in [-0.1, -0.05) is 6.92 Å². The number of ether oxygens (including phenoxy) is 1. The fourth-order valence-corrected chi connectivity index (χ4v) is 2.91. The third kappa shape index (κ3) is 4.57. The number of rotatable bonds is 4. The largest absolute Gasteiger partial charge is 0.381 e. The Morgan fingerprint density at radius 1 is 1.29 bits per heavy atom. The Hall–Kier alpha value is -0.120. The molecule has 2 heterocycles. The molecule has 100 valence electrons. The summed E-state index contributed by atoms with van der Waals surface area (Å²) in [6, 6.07) is 0.743. The van der Waals surface area contributed by atoms with Gasteiger partial charge in [-0.05, 0) is 64.2 Å². The Morgan fingerprint density at radius 3 is 3.00 bits per heavy atom. The lowest BCUT2D eigenvalue weighted by atomic mass is 10.0. The molecule has 0 radical (unpaired) electrons. The van der Waals surface area contributed by atoms with Gasteiger partial charge in [0.05, 0.1) is 0 Å². The summed E-state index contributed by atoms with van der Waals surface area (Å²) in [4.78, 5) is 2.67. The topological polar surface area (TPSA) is 24.5 Å². The van der Waals surface area contributed by atoms with Crippen molar-refractivity contribution in [2.45, 2.75) is 45.1 Å². The zero-order valence-electron chi connectivity index (χ0n) is 11.3. The number of hydrogen-bond donors (Lipinski definition) is 1. The molecule has 0 spiro atoms. The summed E-state index contributed by atoms with van der Waals surface area (Å²) in [6.07, 6.45) is 6.51. The summed E-state index contributed by atoms with van der Waals surface area (Å²) in [5.74, 6) is 0.834. The maximum absolute atomic E-state index is 5.45. The molecule has 0 amide bonds. The highest BCUT2D eigenvalue weighted by Gasteiger charge is 2.18. The van der Waals surface area contributed by atoms with Crippen LogP contribution in [0.2, 0.25) is 0 Å². The van der Waals surface area contributed by atoms with E-state index in [0.29, 0.717) is 0 Å². The highest BCUT2D eigenvalue weighted by Crippen LogP contribution is 2.17. The summed E-state index contributed by atoms with van der Waals surface area (Å²) in [6.45, 7) is 9.32. The number of nitrogens with one attached hydrogen (secondary N) is 1. The summed E-state index contributed by atoms with van der Waals surface area (Å²) in [5.41, 5.74) is 0. The van der Waals surface area contributed by atoms with Gasteiger partial charge in [-0.2, -0.15) is 0 Å². The molecule has 17 heavy (non-hydrogen) atoms. The molecule has 2 saturated heterocycles. The van der Waals surface area contributed by atoms with E-state index in [9.17, 15) is 0 Å². The van der Waals surface area contributed by atoms with Crippen molar-refractivity contribution < 1.29 is 4.74 Å². The van der Waals surface area contributed by atoms with Crippen LogP contribution in [0.25, 0.3) is 0 Å². The van der Waals surface area contributed by atoms with Crippen LogP contribution in [-0.4, -0.2) is 50.3 Å². The molecular weight excluding hydrogens is 212 g/mol. The molecule has 2 aliphatic rings. The van der Waals surface area contributed by atoms with Crippen LogP contribution in [0.1, 0.15) is 39.0 Å². The van der Waals surface area contributed by atoms with Gasteiger partial charge < -0.3 is 15.0 Å². The Morgan fingerprint density at radius 2 is 2.24 bits per heavy atom. The Bertz CT molecular complexity index is 204. The molecule has 3 heteroatoms. The first-order valence-corrected chi connectivity index (χ1v) is 7.42. The van der Waals surface area contributed by atoms with Gasteiger partial charge >= 0.3 is 0 Å². The van der Waals surface area contributed by atoms with Crippen LogP contribution in [0.5, 0.6) is 0 Å². The third-order valence-corrected chi connectivity index (χ3v) is 4.25. The SMILES string of the molecule is CCC1CCN(CCC2CCOC2)CCCN1. The predicted molar refractivity (Wildman–Crippen MR) is 71.3 cm³/mol. The van der Waals surface area contributed by atoms with Crippen LogP contribution >= 0.6 is 0 Å². The minimum Gasteiger partial charge on any atom is -0.381 e. The van der Waals surface area contributed by atoms with Crippen LogP contribution in [-0.2, 0) is 4.74 Å². The molecule has 0 aliphatic carbocycles. The number of nitrogens with zero attached hydrogens (tertiary/aromatic N) is 1. The van der Waals surface area contributed by atoms with Crippen molar-refractivity contribution in [3.8, 4) is 0 Å². The third-order valence-electron chi connectivity index (χ3n) is 4.25. The quantitative estimate of drug-likeness (QED) is 0.812. The fourth-order valence-electron chi connectivity index (χ4n) is 2.91. The first-order chi connectivity index (χ1) is 8.38. The molecule has 1 N–H and O–H groups in total. The summed E-state index contributed by atoms with van der Waals surface area (Å²) >= 11 is 0.